The predicted molar refractivity (Wildman–Crippen MR) is 48.6 cm³/mol. The van der Waals surface area contributed by atoms with Gasteiger partial charge in [0.1, 0.15) is 0 Å². The molecule has 0 spiro atoms. The van der Waals surface area contributed by atoms with Gasteiger partial charge in [0.25, 0.3) is 0 Å². The zero-order chi connectivity index (χ0) is 7.61. The Balaban J connectivity index is 2.38. The van der Waals surface area contributed by atoms with Crippen LogP contribution in [0.2, 0.25) is 0 Å². The van der Waals surface area contributed by atoms with Crippen LogP contribution in [0.5, 0.6) is 0 Å². The molecule has 1 nitrogen and oxygen atoms in total. The molecule has 1 fully saturated rings. The van der Waals surface area contributed by atoms with E-state index in [2.05, 4.69) is 35.2 Å². The Morgan fingerprint density at radius 3 is 2.30 bits per heavy atom. The zero-order valence-electron chi connectivity index (χ0n) is 6.78. The normalized spacial score (nSPS) is 41.7. The van der Waals surface area contributed by atoms with Crippen molar-refractivity contribution in [3.63, 3.8) is 0 Å². The highest BCUT2D eigenvalue weighted by atomic mass is 79.9. The van der Waals surface area contributed by atoms with Crippen molar-refractivity contribution in [2.75, 3.05) is 7.05 Å². The minimum absolute atomic E-state index is 0.421. The SMILES string of the molecule is CN[C@]1(C)CC[C@H](Br)CC1. The number of hydrogen-bond acceptors (Lipinski definition) is 1. The highest BCUT2D eigenvalue weighted by molar-refractivity contribution is 9.09. The zero-order valence-corrected chi connectivity index (χ0v) is 8.37. The molecule has 1 rings (SSSR count). The van der Waals surface area contributed by atoms with Gasteiger partial charge in [-0.3, -0.25) is 0 Å². The average Bonchev–Trinajstić information content (AvgIpc) is 1.96. The van der Waals surface area contributed by atoms with Gasteiger partial charge in [0.05, 0.1) is 0 Å². The van der Waals surface area contributed by atoms with Gasteiger partial charge in [-0.2, -0.15) is 0 Å². The van der Waals surface area contributed by atoms with E-state index in [1.54, 1.807) is 0 Å². The monoisotopic (exact) mass is 205 g/mol. The first-order chi connectivity index (χ1) is 4.66. The number of nitrogens with one attached hydrogen (secondary N) is 1. The lowest BCUT2D eigenvalue weighted by Gasteiger charge is -2.35. The third-order valence-electron chi connectivity index (χ3n) is 2.62. The van der Waals surface area contributed by atoms with Crippen LogP contribution in [0.25, 0.3) is 0 Å². The van der Waals surface area contributed by atoms with Crippen molar-refractivity contribution < 1.29 is 0 Å². The Morgan fingerprint density at radius 1 is 1.40 bits per heavy atom. The van der Waals surface area contributed by atoms with Gasteiger partial charge in [-0.25, -0.2) is 0 Å². The molecule has 0 aromatic heterocycles. The molecule has 0 saturated heterocycles. The Bertz CT molecular complexity index is 106. The van der Waals surface area contributed by atoms with Crippen molar-refractivity contribution in [2.45, 2.75) is 43.0 Å². The van der Waals surface area contributed by atoms with E-state index in [4.69, 9.17) is 0 Å². The number of alkyl halides is 1. The van der Waals surface area contributed by atoms with Gasteiger partial charge in [0.2, 0.25) is 0 Å². The van der Waals surface area contributed by atoms with E-state index in [-0.39, 0.29) is 0 Å². The lowest BCUT2D eigenvalue weighted by atomic mass is 9.83. The van der Waals surface area contributed by atoms with Gasteiger partial charge in [0.15, 0.2) is 0 Å². The number of hydrogen-bond donors (Lipinski definition) is 1. The van der Waals surface area contributed by atoms with Crippen molar-refractivity contribution in [2.24, 2.45) is 0 Å². The lowest BCUT2D eigenvalue weighted by Crippen LogP contribution is -2.43. The summed E-state index contributed by atoms with van der Waals surface area (Å²) in [4.78, 5) is 0.772. The van der Waals surface area contributed by atoms with Gasteiger partial charge in [0, 0.05) is 10.4 Å². The highest BCUT2D eigenvalue weighted by Crippen LogP contribution is 2.30. The summed E-state index contributed by atoms with van der Waals surface area (Å²) in [6, 6.07) is 0. The molecule has 1 aliphatic carbocycles. The van der Waals surface area contributed by atoms with Crippen LogP contribution in [0.3, 0.4) is 0 Å². The van der Waals surface area contributed by atoms with Gasteiger partial charge in [-0.05, 0) is 39.7 Å². The number of halogens is 1. The Hall–Kier alpha value is 0.440. The van der Waals surface area contributed by atoms with E-state index in [1.807, 2.05) is 0 Å². The van der Waals surface area contributed by atoms with Gasteiger partial charge < -0.3 is 5.32 Å². The van der Waals surface area contributed by atoms with Crippen molar-refractivity contribution in [1.29, 1.82) is 0 Å². The molecule has 0 radical (unpaired) electrons. The maximum absolute atomic E-state index is 3.64. The van der Waals surface area contributed by atoms with Crippen LogP contribution in [0.1, 0.15) is 32.6 Å². The molecule has 0 aromatic rings. The predicted octanol–water partition coefficient (Wildman–Crippen LogP) is 2.30. The Labute approximate surface area is 71.7 Å². The first-order valence-corrected chi connectivity index (χ1v) is 4.91. The molecule has 0 amide bonds. The second-order valence-electron chi connectivity index (χ2n) is 3.49. The summed E-state index contributed by atoms with van der Waals surface area (Å²) < 4.78 is 0. The van der Waals surface area contributed by atoms with Crippen molar-refractivity contribution in [1.82, 2.24) is 5.32 Å². The van der Waals surface area contributed by atoms with Crippen LogP contribution in [0, 0.1) is 0 Å². The van der Waals surface area contributed by atoms with Crippen molar-refractivity contribution in [3.8, 4) is 0 Å². The summed E-state index contributed by atoms with van der Waals surface area (Å²) in [5, 5.41) is 3.38. The smallest absolute Gasteiger partial charge is 0.0151 e. The first kappa shape index (κ1) is 8.54. The summed E-state index contributed by atoms with van der Waals surface area (Å²) in [5.74, 6) is 0. The fourth-order valence-electron chi connectivity index (χ4n) is 1.47. The van der Waals surface area contributed by atoms with E-state index in [0.29, 0.717) is 5.54 Å². The molecule has 0 unspecified atom stereocenters. The molecule has 1 aliphatic rings. The summed E-state index contributed by atoms with van der Waals surface area (Å²) in [6.45, 7) is 2.31. The van der Waals surface area contributed by atoms with Crippen LogP contribution in [-0.4, -0.2) is 17.4 Å². The fourth-order valence-corrected chi connectivity index (χ4v) is 1.93. The van der Waals surface area contributed by atoms with Gasteiger partial charge in [-0.1, -0.05) is 15.9 Å². The molecule has 60 valence electrons. The molecule has 0 aliphatic heterocycles. The minimum Gasteiger partial charge on any atom is -0.315 e. The molecule has 0 atom stereocenters. The standard InChI is InChI=1S/C8H16BrN/c1-8(10-2)5-3-7(9)4-6-8/h7,10H,3-6H2,1-2H3/t7-,8+. The second-order valence-corrected chi connectivity index (χ2v) is 4.78. The van der Waals surface area contributed by atoms with E-state index >= 15 is 0 Å². The second kappa shape index (κ2) is 3.22. The number of rotatable bonds is 1. The third kappa shape index (κ3) is 1.96. The van der Waals surface area contributed by atoms with Gasteiger partial charge in [-0.15, -0.1) is 0 Å². The minimum atomic E-state index is 0.421. The topological polar surface area (TPSA) is 12.0 Å². The van der Waals surface area contributed by atoms with Crippen molar-refractivity contribution in [3.05, 3.63) is 0 Å². The Morgan fingerprint density at radius 2 is 1.90 bits per heavy atom. The molecule has 0 heterocycles. The first-order valence-electron chi connectivity index (χ1n) is 3.99. The van der Waals surface area contributed by atoms with Crippen LogP contribution >= 0.6 is 15.9 Å². The maximum atomic E-state index is 3.64. The molecule has 1 saturated carbocycles. The van der Waals surface area contributed by atoms with Crippen LogP contribution in [0.4, 0.5) is 0 Å². The average molecular weight is 206 g/mol. The molecule has 2 heteroatoms. The quantitative estimate of drug-likeness (QED) is 0.649. The Kier molecular flexibility index (Phi) is 2.75. The highest BCUT2D eigenvalue weighted by Gasteiger charge is 2.27. The molecule has 0 bridgehead atoms. The van der Waals surface area contributed by atoms with Gasteiger partial charge >= 0.3 is 0 Å². The summed E-state index contributed by atoms with van der Waals surface area (Å²) >= 11 is 3.64. The molecular formula is C8H16BrN. The maximum Gasteiger partial charge on any atom is 0.0151 e. The van der Waals surface area contributed by atoms with E-state index < -0.39 is 0 Å². The summed E-state index contributed by atoms with van der Waals surface area (Å²) in [7, 11) is 2.06. The molecule has 10 heavy (non-hydrogen) atoms. The summed E-state index contributed by atoms with van der Waals surface area (Å²) in [5.41, 5.74) is 0.421. The lowest BCUT2D eigenvalue weighted by molar-refractivity contribution is 0.278. The third-order valence-corrected chi connectivity index (χ3v) is 3.54. The van der Waals surface area contributed by atoms with Crippen molar-refractivity contribution >= 4 is 15.9 Å². The van der Waals surface area contributed by atoms with Crippen LogP contribution in [-0.2, 0) is 0 Å². The van der Waals surface area contributed by atoms with E-state index in [0.717, 1.165) is 4.83 Å². The largest absolute Gasteiger partial charge is 0.315 e. The fraction of sp³-hybridized carbons (Fsp3) is 1.00. The molecular weight excluding hydrogens is 190 g/mol. The molecule has 0 aromatic carbocycles. The van der Waals surface area contributed by atoms with E-state index in [1.165, 1.54) is 25.7 Å². The summed E-state index contributed by atoms with van der Waals surface area (Å²) in [6.07, 6.45) is 5.24. The van der Waals surface area contributed by atoms with Crippen LogP contribution in [0.15, 0.2) is 0 Å². The van der Waals surface area contributed by atoms with E-state index in [9.17, 15) is 0 Å². The molecule has 1 N–H and O–H groups in total. The van der Waals surface area contributed by atoms with Crippen LogP contribution < -0.4 is 5.32 Å².